The van der Waals surface area contributed by atoms with E-state index in [4.69, 9.17) is 27.9 Å². The van der Waals surface area contributed by atoms with Gasteiger partial charge in [-0.3, -0.25) is 0 Å². The van der Waals surface area contributed by atoms with Crippen molar-refractivity contribution in [3.8, 4) is 11.6 Å². The first-order chi connectivity index (χ1) is 8.72. The van der Waals surface area contributed by atoms with E-state index >= 15 is 0 Å². The van der Waals surface area contributed by atoms with E-state index in [0.29, 0.717) is 27.7 Å². The summed E-state index contributed by atoms with van der Waals surface area (Å²) in [6.07, 6.45) is 2.23. The number of halogens is 2. The third-order valence-corrected chi connectivity index (χ3v) is 3.19. The van der Waals surface area contributed by atoms with Crippen LogP contribution in [0.3, 0.4) is 0 Å². The molecule has 0 spiro atoms. The number of nitrogens with zero attached hydrogens (tertiary/aromatic N) is 2. The number of ether oxygens (including phenoxy) is 1. The number of aromatic nitrogens is 2. The van der Waals surface area contributed by atoms with Gasteiger partial charge in [-0.1, -0.05) is 35.3 Å². The van der Waals surface area contributed by atoms with Crippen molar-refractivity contribution in [3.63, 3.8) is 0 Å². The van der Waals surface area contributed by atoms with Gasteiger partial charge in [-0.05, 0) is 25.0 Å². The van der Waals surface area contributed by atoms with Crippen molar-refractivity contribution in [2.45, 2.75) is 18.8 Å². The van der Waals surface area contributed by atoms with Gasteiger partial charge in [-0.25, -0.2) is 4.98 Å². The molecule has 1 aromatic carbocycles. The Kier molecular flexibility index (Phi) is 3.10. The standard InChI is InChI=1S/C13H10Cl2N2O/c14-9-3-1-2-4-10(9)18-12-7-11(15)16-13(17-12)8-5-6-8/h1-4,7-8H,5-6H2. The van der Waals surface area contributed by atoms with Crippen molar-refractivity contribution in [2.24, 2.45) is 0 Å². The molecular weight excluding hydrogens is 271 g/mol. The molecule has 0 unspecified atom stereocenters. The fourth-order valence-electron chi connectivity index (χ4n) is 1.63. The Balaban J connectivity index is 1.90. The molecule has 1 aliphatic carbocycles. The van der Waals surface area contributed by atoms with Crippen molar-refractivity contribution in [2.75, 3.05) is 0 Å². The average Bonchev–Trinajstić information content (AvgIpc) is 3.15. The average molecular weight is 281 g/mol. The van der Waals surface area contributed by atoms with Gasteiger partial charge in [-0.2, -0.15) is 4.98 Å². The molecule has 5 heteroatoms. The Labute approximate surface area is 115 Å². The Bertz CT molecular complexity index is 585. The van der Waals surface area contributed by atoms with E-state index in [-0.39, 0.29) is 0 Å². The van der Waals surface area contributed by atoms with Gasteiger partial charge in [0.1, 0.15) is 16.7 Å². The molecule has 0 aliphatic heterocycles. The molecule has 2 aromatic rings. The van der Waals surface area contributed by atoms with Crippen LogP contribution in [0.25, 0.3) is 0 Å². The molecule has 18 heavy (non-hydrogen) atoms. The lowest BCUT2D eigenvalue weighted by Gasteiger charge is -2.07. The minimum atomic E-state index is 0.397. The highest BCUT2D eigenvalue weighted by Crippen LogP contribution is 2.39. The van der Waals surface area contributed by atoms with Crippen LogP contribution in [0.4, 0.5) is 0 Å². The van der Waals surface area contributed by atoms with Gasteiger partial charge >= 0.3 is 0 Å². The molecule has 1 saturated carbocycles. The highest BCUT2D eigenvalue weighted by Gasteiger charge is 2.27. The normalized spacial score (nSPS) is 14.6. The van der Waals surface area contributed by atoms with Crippen LogP contribution < -0.4 is 4.74 Å². The lowest BCUT2D eigenvalue weighted by Crippen LogP contribution is -1.96. The summed E-state index contributed by atoms with van der Waals surface area (Å²) in [6, 6.07) is 8.84. The van der Waals surface area contributed by atoms with Gasteiger partial charge in [-0.15, -0.1) is 0 Å². The van der Waals surface area contributed by atoms with Crippen molar-refractivity contribution < 1.29 is 4.74 Å². The summed E-state index contributed by atoms with van der Waals surface area (Å²) in [4.78, 5) is 8.56. The van der Waals surface area contributed by atoms with Crippen LogP contribution in [0.2, 0.25) is 10.2 Å². The predicted octanol–water partition coefficient (Wildman–Crippen LogP) is 4.45. The molecular formula is C13H10Cl2N2O. The fourth-order valence-corrected chi connectivity index (χ4v) is 1.98. The Morgan fingerprint density at radius 3 is 2.61 bits per heavy atom. The summed E-state index contributed by atoms with van der Waals surface area (Å²) in [5, 5.41) is 0.939. The predicted molar refractivity (Wildman–Crippen MR) is 70.5 cm³/mol. The fraction of sp³-hybridized carbons (Fsp3) is 0.231. The van der Waals surface area contributed by atoms with Crippen LogP contribution in [-0.2, 0) is 0 Å². The maximum absolute atomic E-state index is 6.03. The van der Waals surface area contributed by atoms with E-state index in [1.54, 1.807) is 18.2 Å². The first-order valence-corrected chi connectivity index (χ1v) is 6.45. The first-order valence-electron chi connectivity index (χ1n) is 5.69. The molecule has 1 fully saturated rings. The molecule has 0 amide bonds. The third-order valence-electron chi connectivity index (χ3n) is 2.68. The Morgan fingerprint density at radius 2 is 1.89 bits per heavy atom. The summed E-state index contributed by atoms with van der Waals surface area (Å²) in [5.41, 5.74) is 0. The van der Waals surface area contributed by atoms with Gasteiger partial charge < -0.3 is 4.74 Å². The second-order valence-electron chi connectivity index (χ2n) is 4.19. The van der Waals surface area contributed by atoms with Crippen LogP contribution >= 0.6 is 23.2 Å². The zero-order valence-corrected chi connectivity index (χ0v) is 10.9. The van der Waals surface area contributed by atoms with E-state index in [1.165, 1.54) is 0 Å². The summed E-state index contributed by atoms with van der Waals surface area (Å²) >= 11 is 12.0. The number of hydrogen-bond acceptors (Lipinski definition) is 3. The van der Waals surface area contributed by atoms with Crippen LogP contribution in [0, 0.1) is 0 Å². The second-order valence-corrected chi connectivity index (χ2v) is 4.99. The zero-order valence-electron chi connectivity index (χ0n) is 9.44. The number of para-hydroxylation sites is 1. The summed E-state index contributed by atoms with van der Waals surface area (Å²) in [7, 11) is 0. The lowest BCUT2D eigenvalue weighted by molar-refractivity contribution is 0.459. The summed E-state index contributed by atoms with van der Waals surface area (Å²) < 4.78 is 5.64. The molecule has 0 N–H and O–H groups in total. The molecule has 3 rings (SSSR count). The van der Waals surface area contributed by atoms with Gasteiger partial charge in [0.15, 0.2) is 0 Å². The Hall–Kier alpha value is -1.32. The Morgan fingerprint density at radius 1 is 1.11 bits per heavy atom. The monoisotopic (exact) mass is 280 g/mol. The molecule has 1 aromatic heterocycles. The zero-order chi connectivity index (χ0) is 12.5. The minimum absolute atomic E-state index is 0.397. The van der Waals surface area contributed by atoms with Crippen molar-refractivity contribution in [3.05, 3.63) is 46.3 Å². The number of rotatable bonds is 3. The first kappa shape index (κ1) is 11.8. The topological polar surface area (TPSA) is 35.0 Å². The molecule has 0 saturated heterocycles. The van der Waals surface area contributed by atoms with Crippen LogP contribution in [0.15, 0.2) is 30.3 Å². The van der Waals surface area contributed by atoms with Crippen LogP contribution in [-0.4, -0.2) is 9.97 Å². The lowest BCUT2D eigenvalue weighted by atomic mass is 10.3. The largest absolute Gasteiger partial charge is 0.437 e. The molecule has 3 nitrogen and oxygen atoms in total. The van der Waals surface area contributed by atoms with E-state index < -0.39 is 0 Å². The summed E-state index contributed by atoms with van der Waals surface area (Å²) in [5.74, 6) is 2.18. The quantitative estimate of drug-likeness (QED) is 0.779. The van der Waals surface area contributed by atoms with E-state index in [9.17, 15) is 0 Å². The van der Waals surface area contributed by atoms with Crippen molar-refractivity contribution in [1.82, 2.24) is 9.97 Å². The smallest absolute Gasteiger partial charge is 0.224 e. The maximum Gasteiger partial charge on any atom is 0.224 e. The highest BCUT2D eigenvalue weighted by atomic mass is 35.5. The van der Waals surface area contributed by atoms with Crippen molar-refractivity contribution >= 4 is 23.2 Å². The number of hydrogen-bond donors (Lipinski definition) is 0. The number of benzene rings is 1. The van der Waals surface area contributed by atoms with Gasteiger partial charge in [0.25, 0.3) is 0 Å². The van der Waals surface area contributed by atoms with Crippen molar-refractivity contribution in [1.29, 1.82) is 0 Å². The van der Waals surface area contributed by atoms with E-state index in [0.717, 1.165) is 18.7 Å². The molecule has 0 radical (unpaired) electrons. The third kappa shape index (κ3) is 2.57. The SMILES string of the molecule is Clc1cc(Oc2ccccc2Cl)nc(C2CC2)n1. The second kappa shape index (κ2) is 4.75. The molecule has 0 atom stereocenters. The van der Waals surface area contributed by atoms with Gasteiger partial charge in [0.2, 0.25) is 5.88 Å². The molecule has 0 bridgehead atoms. The highest BCUT2D eigenvalue weighted by molar-refractivity contribution is 6.32. The molecule has 1 heterocycles. The van der Waals surface area contributed by atoms with Crippen LogP contribution in [0.5, 0.6) is 11.6 Å². The maximum atomic E-state index is 6.03. The van der Waals surface area contributed by atoms with Gasteiger partial charge in [0, 0.05) is 12.0 Å². The van der Waals surface area contributed by atoms with E-state index in [2.05, 4.69) is 9.97 Å². The van der Waals surface area contributed by atoms with Gasteiger partial charge in [0.05, 0.1) is 5.02 Å². The molecule has 1 aliphatic rings. The van der Waals surface area contributed by atoms with E-state index in [1.807, 2.05) is 12.1 Å². The summed E-state index contributed by atoms with van der Waals surface area (Å²) in [6.45, 7) is 0. The minimum Gasteiger partial charge on any atom is -0.437 e. The molecule has 92 valence electrons. The van der Waals surface area contributed by atoms with Crippen LogP contribution in [0.1, 0.15) is 24.6 Å².